The van der Waals surface area contributed by atoms with Crippen LogP contribution in [0, 0.1) is 5.92 Å². The molecule has 1 aromatic rings. The molecule has 25 heavy (non-hydrogen) atoms. The van der Waals surface area contributed by atoms with Crippen LogP contribution < -0.4 is 0 Å². The highest BCUT2D eigenvalue weighted by Crippen LogP contribution is 2.35. The summed E-state index contributed by atoms with van der Waals surface area (Å²) in [7, 11) is 0. The topological polar surface area (TPSA) is 0 Å². The summed E-state index contributed by atoms with van der Waals surface area (Å²) in [6.07, 6.45) is 7.33. The molecule has 0 bridgehead atoms. The molecule has 0 amide bonds. The fourth-order valence-corrected chi connectivity index (χ4v) is 2.85. The van der Waals surface area contributed by atoms with Crippen LogP contribution in [-0.4, -0.2) is 0 Å². The predicted molar refractivity (Wildman–Crippen MR) is 110 cm³/mol. The van der Waals surface area contributed by atoms with Crippen molar-refractivity contribution in [1.82, 2.24) is 0 Å². The summed E-state index contributed by atoms with van der Waals surface area (Å²) in [5.74, 6) is -0.0541. The van der Waals surface area contributed by atoms with Gasteiger partial charge in [0.05, 0.1) is 0 Å². The van der Waals surface area contributed by atoms with E-state index in [1.807, 2.05) is 51.1 Å². The minimum Gasteiger partial charge on any atom is -0.242 e. The minimum atomic E-state index is -0.981. The molecule has 0 radical (unpaired) electrons. The highest BCUT2D eigenvalue weighted by Gasteiger charge is 2.20. The Bertz CT molecular complexity index is 671. The van der Waals surface area contributed by atoms with Crippen LogP contribution in [0.4, 0.5) is 4.39 Å². The average molecular weight is 341 g/mol. The van der Waals surface area contributed by atoms with Gasteiger partial charge < -0.3 is 0 Å². The van der Waals surface area contributed by atoms with E-state index in [-0.39, 0.29) is 5.92 Å². The zero-order valence-electron chi connectivity index (χ0n) is 16.7. The highest BCUT2D eigenvalue weighted by molar-refractivity contribution is 5.82. The van der Waals surface area contributed by atoms with E-state index in [1.54, 1.807) is 0 Å². The lowest BCUT2D eigenvalue weighted by atomic mass is 9.87. The van der Waals surface area contributed by atoms with Crippen molar-refractivity contribution in [2.45, 2.75) is 60.6 Å². The number of rotatable bonds is 8. The van der Waals surface area contributed by atoms with Gasteiger partial charge in [0.1, 0.15) is 6.17 Å². The van der Waals surface area contributed by atoms with Crippen molar-refractivity contribution in [3.05, 3.63) is 76.9 Å². The summed E-state index contributed by atoms with van der Waals surface area (Å²) in [4.78, 5) is 0. The van der Waals surface area contributed by atoms with Gasteiger partial charge in [-0.3, -0.25) is 0 Å². The first-order valence-electron chi connectivity index (χ1n) is 9.20. The van der Waals surface area contributed by atoms with Crippen molar-refractivity contribution in [3.63, 3.8) is 0 Å². The van der Waals surface area contributed by atoms with Crippen molar-refractivity contribution in [2.75, 3.05) is 0 Å². The predicted octanol–water partition coefficient (Wildman–Crippen LogP) is 8.01. The Kier molecular flexibility index (Phi) is 8.61. The second-order valence-electron chi connectivity index (χ2n) is 7.04. The molecule has 0 nitrogen and oxygen atoms in total. The quantitative estimate of drug-likeness (QED) is 0.332. The maximum atomic E-state index is 14.7. The average Bonchev–Trinajstić information content (AvgIpc) is 2.62. The van der Waals surface area contributed by atoms with Crippen molar-refractivity contribution in [3.8, 4) is 0 Å². The second kappa shape index (κ2) is 10.2. The first kappa shape index (κ1) is 21.2. The molecule has 0 N–H and O–H groups in total. The van der Waals surface area contributed by atoms with E-state index in [2.05, 4.69) is 39.5 Å². The first-order chi connectivity index (χ1) is 11.8. The Labute approximate surface area is 153 Å². The minimum absolute atomic E-state index is 0.0541. The summed E-state index contributed by atoms with van der Waals surface area (Å²) in [6.45, 7) is 16.5. The van der Waals surface area contributed by atoms with Crippen LogP contribution in [0.1, 0.15) is 71.7 Å². The van der Waals surface area contributed by atoms with Gasteiger partial charge in [0.2, 0.25) is 0 Å². The van der Waals surface area contributed by atoms with E-state index in [0.717, 1.165) is 35.1 Å². The van der Waals surface area contributed by atoms with Gasteiger partial charge in [-0.2, -0.15) is 0 Å². The van der Waals surface area contributed by atoms with E-state index >= 15 is 0 Å². The van der Waals surface area contributed by atoms with Gasteiger partial charge in [0.15, 0.2) is 0 Å². The highest BCUT2D eigenvalue weighted by atomic mass is 19.1. The Morgan fingerprint density at radius 2 is 1.76 bits per heavy atom. The molecule has 0 aliphatic carbocycles. The van der Waals surface area contributed by atoms with Crippen LogP contribution in [0.2, 0.25) is 0 Å². The molecule has 136 valence electrons. The summed E-state index contributed by atoms with van der Waals surface area (Å²) < 4.78 is 14.7. The SMILES string of the molecule is C=C(C(/C=C/C)=C(/C)CC/C(C)=C\C)c1ccccc1C(F)C(C)C. The van der Waals surface area contributed by atoms with Crippen LogP contribution in [0.5, 0.6) is 0 Å². The van der Waals surface area contributed by atoms with Gasteiger partial charge in [-0.15, -0.1) is 0 Å². The van der Waals surface area contributed by atoms with Crippen LogP contribution in [0.15, 0.2) is 65.8 Å². The normalized spacial score (nSPS) is 14.8. The smallest absolute Gasteiger partial charge is 0.128 e. The molecule has 0 aliphatic heterocycles. The van der Waals surface area contributed by atoms with Crippen LogP contribution in [0.25, 0.3) is 5.57 Å². The van der Waals surface area contributed by atoms with Gasteiger partial charge in [-0.05, 0) is 68.7 Å². The third kappa shape index (κ3) is 5.85. The molecule has 0 fully saturated rings. The molecule has 1 heteroatoms. The summed E-state index contributed by atoms with van der Waals surface area (Å²) in [5.41, 5.74) is 6.36. The van der Waals surface area contributed by atoms with E-state index in [1.165, 1.54) is 11.1 Å². The third-order valence-corrected chi connectivity index (χ3v) is 4.67. The standard InChI is InChI=1S/C24H33F/c1-8-12-21(19(6)16-15-18(5)9-2)20(7)22-13-10-11-14-23(22)24(25)17(3)4/h8-14,17,24H,7,15-16H2,1-6H3/b12-8+,18-9-,21-19-. The molecule has 1 unspecified atom stereocenters. The molecule has 0 spiro atoms. The zero-order chi connectivity index (χ0) is 19.0. The molecular weight excluding hydrogens is 307 g/mol. The van der Waals surface area contributed by atoms with E-state index in [0.29, 0.717) is 0 Å². The zero-order valence-corrected chi connectivity index (χ0v) is 16.7. The van der Waals surface area contributed by atoms with Gasteiger partial charge in [0, 0.05) is 0 Å². The lowest BCUT2D eigenvalue weighted by Crippen LogP contribution is -2.05. The summed E-state index contributed by atoms with van der Waals surface area (Å²) >= 11 is 0. The molecule has 0 aromatic heterocycles. The summed E-state index contributed by atoms with van der Waals surface area (Å²) in [6, 6.07) is 7.74. The lowest BCUT2D eigenvalue weighted by Gasteiger charge is -2.20. The Hall–Kier alpha value is -1.89. The first-order valence-corrected chi connectivity index (χ1v) is 9.20. The largest absolute Gasteiger partial charge is 0.242 e. The molecule has 1 rings (SSSR count). The molecule has 0 saturated carbocycles. The van der Waals surface area contributed by atoms with Crippen molar-refractivity contribution < 1.29 is 4.39 Å². The van der Waals surface area contributed by atoms with Crippen molar-refractivity contribution in [1.29, 1.82) is 0 Å². The number of benzene rings is 1. The molecular formula is C24H33F. The van der Waals surface area contributed by atoms with E-state index < -0.39 is 6.17 Å². The maximum Gasteiger partial charge on any atom is 0.128 e. The number of hydrogen-bond acceptors (Lipinski definition) is 0. The van der Waals surface area contributed by atoms with Gasteiger partial charge in [0.25, 0.3) is 0 Å². The third-order valence-electron chi connectivity index (χ3n) is 4.67. The molecule has 1 atom stereocenters. The molecule has 0 saturated heterocycles. The molecule has 0 aliphatic rings. The van der Waals surface area contributed by atoms with Gasteiger partial charge in [-0.25, -0.2) is 4.39 Å². The number of allylic oxidation sites excluding steroid dienone is 7. The molecule has 1 aromatic carbocycles. The summed E-state index contributed by atoms with van der Waals surface area (Å²) in [5, 5.41) is 0. The van der Waals surface area contributed by atoms with Crippen molar-refractivity contribution >= 4 is 5.57 Å². The second-order valence-corrected chi connectivity index (χ2v) is 7.04. The fraction of sp³-hybridized carbons (Fsp3) is 0.417. The van der Waals surface area contributed by atoms with E-state index in [9.17, 15) is 4.39 Å². The van der Waals surface area contributed by atoms with Crippen LogP contribution >= 0.6 is 0 Å². The number of hydrogen-bond donors (Lipinski definition) is 0. The van der Waals surface area contributed by atoms with Gasteiger partial charge in [-0.1, -0.05) is 74.1 Å². The van der Waals surface area contributed by atoms with E-state index in [4.69, 9.17) is 0 Å². The maximum absolute atomic E-state index is 14.7. The Morgan fingerprint density at radius 3 is 2.32 bits per heavy atom. The monoisotopic (exact) mass is 340 g/mol. The molecule has 0 heterocycles. The Morgan fingerprint density at radius 1 is 1.12 bits per heavy atom. The Balaban J connectivity index is 3.29. The van der Waals surface area contributed by atoms with Crippen LogP contribution in [-0.2, 0) is 0 Å². The van der Waals surface area contributed by atoms with Crippen LogP contribution in [0.3, 0.4) is 0 Å². The fourth-order valence-electron chi connectivity index (χ4n) is 2.85. The van der Waals surface area contributed by atoms with Gasteiger partial charge >= 0.3 is 0 Å². The lowest BCUT2D eigenvalue weighted by molar-refractivity contribution is 0.261. The van der Waals surface area contributed by atoms with Crippen molar-refractivity contribution in [2.24, 2.45) is 5.92 Å². The number of alkyl halides is 1. The number of halogens is 1.